The van der Waals surface area contributed by atoms with E-state index in [0.29, 0.717) is 31.6 Å². The number of hydrogen-bond acceptors (Lipinski definition) is 4. The van der Waals surface area contributed by atoms with Crippen molar-refractivity contribution in [2.45, 2.75) is 44.9 Å². The lowest BCUT2D eigenvalue weighted by molar-refractivity contribution is 0.0311. The van der Waals surface area contributed by atoms with Gasteiger partial charge in [-0.3, -0.25) is 4.79 Å². The minimum absolute atomic E-state index is 0.0484. The van der Waals surface area contributed by atoms with Crippen molar-refractivity contribution >= 4 is 16.9 Å². The first-order valence-electron chi connectivity index (χ1n) is 9.52. The van der Waals surface area contributed by atoms with Crippen LogP contribution in [0.15, 0.2) is 48.7 Å². The molecule has 27 heavy (non-hydrogen) atoms. The van der Waals surface area contributed by atoms with Crippen LogP contribution in [0.1, 0.15) is 42.2 Å². The van der Waals surface area contributed by atoms with Crippen LogP contribution in [0, 0.1) is 0 Å². The number of benzene rings is 1. The third-order valence-corrected chi connectivity index (χ3v) is 5.31. The van der Waals surface area contributed by atoms with Gasteiger partial charge in [0.15, 0.2) is 11.3 Å². The average molecular weight is 364 g/mol. The number of hydrogen-bond donors (Lipinski definition) is 1. The zero-order valence-electron chi connectivity index (χ0n) is 15.5. The highest BCUT2D eigenvalue weighted by Gasteiger charge is 2.32. The van der Waals surface area contributed by atoms with Crippen molar-refractivity contribution in [3.05, 3.63) is 59.9 Å². The molecule has 1 saturated heterocycles. The van der Waals surface area contributed by atoms with Gasteiger partial charge in [0.05, 0.1) is 18.0 Å². The third-order valence-electron chi connectivity index (χ3n) is 5.31. The van der Waals surface area contributed by atoms with Gasteiger partial charge in [0.1, 0.15) is 0 Å². The fourth-order valence-corrected chi connectivity index (χ4v) is 3.85. The Kier molecular flexibility index (Phi) is 4.90. The molecule has 3 aromatic rings. The van der Waals surface area contributed by atoms with Gasteiger partial charge in [-0.15, -0.1) is 0 Å². The molecule has 0 bridgehead atoms. The maximum Gasteiger partial charge on any atom is 0.275 e. The fourth-order valence-electron chi connectivity index (χ4n) is 3.85. The van der Waals surface area contributed by atoms with Gasteiger partial charge < -0.3 is 10.0 Å². The monoisotopic (exact) mass is 364 g/mol. The Morgan fingerprint density at radius 2 is 2.04 bits per heavy atom. The predicted molar refractivity (Wildman–Crippen MR) is 103 cm³/mol. The first-order chi connectivity index (χ1) is 13.2. The van der Waals surface area contributed by atoms with Gasteiger partial charge in [0, 0.05) is 18.8 Å². The van der Waals surface area contributed by atoms with Crippen molar-refractivity contribution in [2.24, 2.45) is 0 Å². The number of piperidine rings is 1. The molecule has 6 heteroatoms. The number of nitrogens with zero attached hydrogens (tertiary/aromatic N) is 4. The Balaban J connectivity index is 1.70. The van der Waals surface area contributed by atoms with Crippen LogP contribution in [0.25, 0.3) is 11.0 Å². The molecule has 1 aromatic carbocycles. The van der Waals surface area contributed by atoms with E-state index in [1.165, 1.54) is 0 Å². The van der Waals surface area contributed by atoms with Gasteiger partial charge in [-0.25, -0.2) is 9.67 Å². The maximum atomic E-state index is 13.3. The standard InChI is InChI=1S/C21H24N4O2/c1-2-16-13-17(26)10-12-24(16)21(27)19-18-9-6-11-22-20(18)25(23-19)14-15-7-4-3-5-8-15/h3-9,11,16-17,26H,2,10,12-14H2,1H3/t16-,17-/m0/s1. The smallest absolute Gasteiger partial charge is 0.275 e. The largest absolute Gasteiger partial charge is 0.393 e. The summed E-state index contributed by atoms with van der Waals surface area (Å²) in [7, 11) is 0. The van der Waals surface area contributed by atoms with Crippen LogP contribution in [0.4, 0.5) is 0 Å². The van der Waals surface area contributed by atoms with Gasteiger partial charge in [-0.05, 0) is 37.0 Å². The first-order valence-corrected chi connectivity index (χ1v) is 9.52. The molecule has 1 amide bonds. The quantitative estimate of drug-likeness (QED) is 0.773. The zero-order valence-corrected chi connectivity index (χ0v) is 15.5. The van der Waals surface area contributed by atoms with E-state index in [9.17, 15) is 9.90 Å². The van der Waals surface area contributed by atoms with Gasteiger partial charge in [-0.1, -0.05) is 37.3 Å². The minimum Gasteiger partial charge on any atom is -0.393 e. The van der Waals surface area contributed by atoms with Gasteiger partial charge in [0.2, 0.25) is 0 Å². The Bertz CT molecular complexity index is 938. The lowest BCUT2D eigenvalue weighted by Gasteiger charge is -2.37. The van der Waals surface area contributed by atoms with Gasteiger partial charge in [-0.2, -0.15) is 5.10 Å². The highest BCUT2D eigenvalue weighted by atomic mass is 16.3. The van der Waals surface area contributed by atoms with E-state index in [-0.39, 0.29) is 18.1 Å². The molecule has 2 atom stereocenters. The third kappa shape index (κ3) is 3.45. The molecule has 140 valence electrons. The second-order valence-corrected chi connectivity index (χ2v) is 7.11. The summed E-state index contributed by atoms with van der Waals surface area (Å²) < 4.78 is 1.80. The molecule has 0 radical (unpaired) electrons. The molecule has 6 nitrogen and oxygen atoms in total. The summed E-state index contributed by atoms with van der Waals surface area (Å²) >= 11 is 0. The van der Waals surface area contributed by atoms with Crippen LogP contribution >= 0.6 is 0 Å². The number of carbonyl (C=O) groups is 1. The topological polar surface area (TPSA) is 71.2 Å². The molecule has 1 fully saturated rings. The van der Waals surface area contributed by atoms with Gasteiger partial charge in [0.25, 0.3) is 5.91 Å². The van der Waals surface area contributed by atoms with Crippen molar-refractivity contribution in [1.29, 1.82) is 0 Å². The molecule has 2 aromatic heterocycles. The van der Waals surface area contributed by atoms with Crippen molar-refractivity contribution in [3.8, 4) is 0 Å². The number of aromatic nitrogens is 3. The molecule has 0 saturated carbocycles. The minimum atomic E-state index is -0.326. The second-order valence-electron chi connectivity index (χ2n) is 7.11. The van der Waals surface area contributed by atoms with E-state index in [1.807, 2.05) is 47.4 Å². The zero-order chi connectivity index (χ0) is 18.8. The Morgan fingerprint density at radius 3 is 2.81 bits per heavy atom. The number of likely N-dealkylation sites (tertiary alicyclic amines) is 1. The lowest BCUT2D eigenvalue weighted by atomic mass is 9.97. The number of carbonyl (C=O) groups excluding carboxylic acids is 1. The summed E-state index contributed by atoms with van der Waals surface area (Å²) in [4.78, 5) is 19.6. The Labute approximate surface area is 158 Å². The molecule has 0 aliphatic carbocycles. The van der Waals surface area contributed by atoms with E-state index < -0.39 is 0 Å². The van der Waals surface area contributed by atoms with Crippen LogP contribution in [0.5, 0.6) is 0 Å². The normalized spacial score (nSPS) is 20.1. The average Bonchev–Trinajstić information content (AvgIpc) is 3.07. The van der Waals surface area contributed by atoms with Crippen molar-refractivity contribution in [1.82, 2.24) is 19.7 Å². The van der Waals surface area contributed by atoms with Crippen molar-refractivity contribution in [2.75, 3.05) is 6.54 Å². The molecular formula is C21H24N4O2. The summed E-state index contributed by atoms with van der Waals surface area (Å²) in [5.74, 6) is -0.0708. The summed E-state index contributed by atoms with van der Waals surface area (Å²) in [5.41, 5.74) is 2.28. The summed E-state index contributed by atoms with van der Waals surface area (Å²) in [6.07, 6.45) is 3.47. The van der Waals surface area contributed by atoms with E-state index in [0.717, 1.165) is 23.0 Å². The number of aliphatic hydroxyl groups is 1. The molecular weight excluding hydrogens is 340 g/mol. The molecule has 1 aliphatic heterocycles. The van der Waals surface area contributed by atoms with Crippen LogP contribution in [-0.4, -0.2) is 49.4 Å². The Hall–Kier alpha value is -2.73. The SMILES string of the molecule is CC[C@H]1C[C@@H](O)CCN1C(=O)c1nn(Cc2ccccc2)c2ncccc12. The highest BCUT2D eigenvalue weighted by Crippen LogP contribution is 2.25. The molecule has 0 unspecified atom stereocenters. The van der Waals surface area contributed by atoms with Crippen molar-refractivity contribution in [3.63, 3.8) is 0 Å². The summed E-state index contributed by atoms with van der Waals surface area (Å²) in [5, 5.41) is 15.4. The summed E-state index contributed by atoms with van der Waals surface area (Å²) in [6.45, 7) is 3.18. The number of fused-ring (bicyclic) bond motifs is 1. The Morgan fingerprint density at radius 1 is 1.22 bits per heavy atom. The van der Waals surface area contributed by atoms with E-state index in [1.54, 1.807) is 10.9 Å². The first kappa shape index (κ1) is 17.7. The second kappa shape index (κ2) is 7.48. The van der Waals surface area contributed by atoms with Crippen molar-refractivity contribution < 1.29 is 9.90 Å². The summed E-state index contributed by atoms with van der Waals surface area (Å²) in [6, 6.07) is 13.8. The van der Waals surface area contributed by atoms with E-state index in [2.05, 4.69) is 17.0 Å². The predicted octanol–water partition coefficient (Wildman–Crippen LogP) is 2.86. The van der Waals surface area contributed by atoms with E-state index in [4.69, 9.17) is 0 Å². The molecule has 0 spiro atoms. The van der Waals surface area contributed by atoms with Crippen LogP contribution in [0.3, 0.4) is 0 Å². The maximum absolute atomic E-state index is 13.3. The molecule has 3 heterocycles. The fraction of sp³-hybridized carbons (Fsp3) is 0.381. The highest BCUT2D eigenvalue weighted by molar-refractivity contribution is 6.04. The van der Waals surface area contributed by atoms with E-state index >= 15 is 0 Å². The number of pyridine rings is 1. The van der Waals surface area contributed by atoms with Crippen LogP contribution < -0.4 is 0 Å². The molecule has 1 aliphatic rings. The van der Waals surface area contributed by atoms with Gasteiger partial charge >= 0.3 is 0 Å². The van der Waals surface area contributed by atoms with Crippen LogP contribution in [0.2, 0.25) is 0 Å². The number of amides is 1. The molecule has 4 rings (SSSR count). The molecule has 1 N–H and O–H groups in total. The number of aliphatic hydroxyl groups excluding tert-OH is 1. The lowest BCUT2D eigenvalue weighted by Crippen LogP contribution is -2.47. The number of rotatable bonds is 4. The van der Waals surface area contributed by atoms with Crippen LogP contribution in [-0.2, 0) is 6.54 Å².